The Labute approximate surface area is 179 Å². The molecule has 0 unspecified atom stereocenters. The van der Waals surface area contributed by atoms with E-state index < -0.39 is 10.0 Å². The topological polar surface area (TPSA) is 84.9 Å². The Bertz CT molecular complexity index is 929. The number of benzene rings is 2. The van der Waals surface area contributed by atoms with Crippen LogP contribution in [-0.4, -0.2) is 46.9 Å². The number of para-hydroxylation sites is 1. The van der Waals surface area contributed by atoms with Crippen LogP contribution >= 0.6 is 0 Å². The van der Waals surface area contributed by atoms with E-state index >= 15 is 0 Å². The summed E-state index contributed by atoms with van der Waals surface area (Å²) in [5.74, 6) is 1.30. The lowest BCUT2D eigenvalue weighted by molar-refractivity contribution is -0.121. The van der Waals surface area contributed by atoms with Gasteiger partial charge in [0.2, 0.25) is 15.9 Å². The number of hydrogen-bond donors (Lipinski definition) is 1. The molecule has 0 saturated heterocycles. The van der Waals surface area contributed by atoms with E-state index in [2.05, 4.69) is 5.32 Å². The van der Waals surface area contributed by atoms with Gasteiger partial charge in [0, 0.05) is 13.0 Å². The third-order valence-corrected chi connectivity index (χ3v) is 5.71. The second kappa shape index (κ2) is 10.9. The Kier molecular flexibility index (Phi) is 8.53. The standard InChI is InChI=1S/C22H30N2O5S/c1-17-8-5-6-9-21(17)29-16-18(2)23-22(25)10-7-15-24(30(4,26)27)19-11-13-20(28-3)14-12-19/h5-6,8-9,11-14,18H,7,10,15-16H2,1-4H3,(H,23,25)/t18-/m0/s1. The second-order valence-electron chi connectivity index (χ2n) is 7.18. The molecule has 1 amide bonds. The molecular weight excluding hydrogens is 404 g/mol. The SMILES string of the molecule is COc1ccc(N(CCCC(=O)N[C@@H](C)COc2ccccc2C)S(C)(=O)=O)cc1. The first-order valence-electron chi connectivity index (χ1n) is 9.80. The third kappa shape index (κ3) is 7.26. The van der Waals surface area contributed by atoms with E-state index in [1.54, 1.807) is 31.4 Å². The molecular formula is C22H30N2O5S. The van der Waals surface area contributed by atoms with Gasteiger partial charge in [-0.3, -0.25) is 9.10 Å². The van der Waals surface area contributed by atoms with Crippen molar-refractivity contribution in [3.63, 3.8) is 0 Å². The molecule has 0 saturated carbocycles. The number of nitrogens with one attached hydrogen (secondary N) is 1. The molecule has 8 heteroatoms. The number of aryl methyl sites for hydroxylation is 1. The van der Waals surface area contributed by atoms with Crippen LogP contribution in [0.15, 0.2) is 48.5 Å². The summed E-state index contributed by atoms with van der Waals surface area (Å²) >= 11 is 0. The summed E-state index contributed by atoms with van der Waals surface area (Å²) < 4.78 is 36.5. The Morgan fingerprint density at radius 1 is 1.13 bits per heavy atom. The van der Waals surface area contributed by atoms with Gasteiger partial charge in [0.05, 0.1) is 25.1 Å². The molecule has 0 spiro atoms. The molecule has 0 aliphatic rings. The van der Waals surface area contributed by atoms with Gasteiger partial charge in [0.25, 0.3) is 0 Å². The van der Waals surface area contributed by atoms with Crippen molar-refractivity contribution in [3.05, 3.63) is 54.1 Å². The maximum Gasteiger partial charge on any atom is 0.232 e. The average Bonchev–Trinajstić information content (AvgIpc) is 2.70. The third-order valence-electron chi connectivity index (χ3n) is 4.52. The van der Waals surface area contributed by atoms with Crippen molar-refractivity contribution in [3.8, 4) is 11.5 Å². The lowest BCUT2D eigenvalue weighted by atomic mass is 10.2. The number of amides is 1. The molecule has 1 N–H and O–H groups in total. The minimum absolute atomic E-state index is 0.140. The summed E-state index contributed by atoms with van der Waals surface area (Å²) in [6, 6.07) is 14.3. The lowest BCUT2D eigenvalue weighted by Gasteiger charge is -2.22. The van der Waals surface area contributed by atoms with Crippen LogP contribution in [0.5, 0.6) is 11.5 Å². The number of anilines is 1. The smallest absolute Gasteiger partial charge is 0.232 e. The van der Waals surface area contributed by atoms with E-state index in [-0.39, 0.29) is 24.9 Å². The molecule has 2 aromatic rings. The van der Waals surface area contributed by atoms with E-state index in [0.29, 0.717) is 24.5 Å². The molecule has 0 fully saturated rings. The number of sulfonamides is 1. The molecule has 2 rings (SSSR count). The van der Waals surface area contributed by atoms with Crippen LogP contribution in [0.4, 0.5) is 5.69 Å². The summed E-state index contributed by atoms with van der Waals surface area (Å²) in [5.41, 5.74) is 1.58. The molecule has 7 nitrogen and oxygen atoms in total. The van der Waals surface area contributed by atoms with Gasteiger partial charge in [-0.1, -0.05) is 18.2 Å². The van der Waals surface area contributed by atoms with E-state index in [1.165, 1.54) is 4.31 Å². The summed E-state index contributed by atoms with van der Waals surface area (Å²) in [5, 5.41) is 2.89. The van der Waals surface area contributed by atoms with Crippen LogP contribution in [0, 0.1) is 6.92 Å². The van der Waals surface area contributed by atoms with Crippen molar-refractivity contribution in [2.24, 2.45) is 0 Å². The molecule has 1 atom stereocenters. The summed E-state index contributed by atoms with van der Waals surface area (Å²) in [4.78, 5) is 12.2. The number of nitrogens with zero attached hydrogens (tertiary/aromatic N) is 1. The molecule has 0 aromatic heterocycles. The number of carbonyl (C=O) groups is 1. The number of ether oxygens (including phenoxy) is 2. The van der Waals surface area contributed by atoms with Crippen LogP contribution < -0.4 is 19.1 Å². The fraction of sp³-hybridized carbons (Fsp3) is 0.409. The maximum absolute atomic E-state index is 12.2. The van der Waals surface area contributed by atoms with Gasteiger partial charge in [-0.05, 0) is 56.2 Å². The molecule has 30 heavy (non-hydrogen) atoms. The Hall–Kier alpha value is -2.74. The van der Waals surface area contributed by atoms with E-state index in [0.717, 1.165) is 17.6 Å². The van der Waals surface area contributed by atoms with Gasteiger partial charge in [0.15, 0.2) is 0 Å². The first kappa shape index (κ1) is 23.5. The van der Waals surface area contributed by atoms with Crippen molar-refractivity contribution < 1.29 is 22.7 Å². The largest absolute Gasteiger partial charge is 0.497 e. The molecule has 0 heterocycles. The van der Waals surface area contributed by atoms with Crippen molar-refractivity contribution in [2.75, 3.05) is 30.8 Å². The predicted octanol–water partition coefficient (Wildman–Crippen LogP) is 3.13. The summed E-state index contributed by atoms with van der Waals surface area (Å²) in [6.45, 7) is 4.41. The van der Waals surface area contributed by atoms with Gasteiger partial charge in [-0.2, -0.15) is 0 Å². The zero-order valence-corrected chi connectivity index (χ0v) is 18.7. The highest BCUT2D eigenvalue weighted by molar-refractivity contribution is 7.92. The van der Waals surface area contributed by atoms with Crippen molar-refractivity contribution in [1.29, 1.82) is 0 Å². The van der Waals surface area contributed by atoms with Gasteiger partial charge in [-0.15, -0.1) is 0 Å². The molecule has 2 aromatic carbocycles. The summed E-state index contributed by atoms with van der Waals surface area (Å²) in [7, 11) is -1.91. The minimum Gasteiger partial charge on any atom is -0.497 e. The second-order valence-corrected chi connectivity index (χ2v) is 9.09. The van der Waals surface area contributed by atoms with E-state index in [1.807, 2.05) is 38.1 Å². The van der Waals surface area contributed by atoms with Gasteiger partial charge in [-0.25, -0.2) is 8.42 Å². The van der Waals surface area contributed by atoms with Gasteiger partial charge < -0.3 is 14.8 Å². The fourth-order valence-electron chi connectivity index (χ4n) is 2.94. The molecule has 0 aliphatic heterocycles. The number of methoxy groups -OCH3 is 1. The van der Waals surface area contributed by atoms with Gasteiger partial charge in [0.1, 0.15) is 18.1 Å². The number of rotatable bonds is 11. The van der Waals surface area contributed by atoms with Crippen LogP contribution in [0.1, 0.15) is 25.3 Å². The fourth-order valence-corrected chi connectivity index (χ4v) is 3.91. The van der Waals surface area contributed by atoms with E-state index in [4.69, 9.17) is 9.47 Å². The van der Waals surface area contributed by atoms with Gasteiger partial charge >= 0.3 is 0 Å². The monoisotopic (exact) mass is 434 g/mol. The van der Waals surface area contributed by atoms with Crippen LogP contribution in [0.3, 0.4) is 0 Å². The van der Waals surface area contributed by atoms with Crippen LogP contribution in [0.25, 0.3) is 0 Å². The molecule has 0 aliphatic carbocycles. The normalized spacial score (nSPS) is 12.1. The number of hydrogen-bond acceptors (Lipinski definition) is 5. The zero-order valence-electron chi connectivity index (χ0n) is 17.9. The Balaban J connectivity index is 1.82. The van der Waals surface area contributed by atoms with Crippen molar-refractivity contribution >= 4 is 21.6 Å². The first-order chi connectivity index (χ1) is 14.2. The number of carbonyl (C=O) groups excluding carboxylic acids is 1. The molecule has 0 bridgehead atoms. The average molecular weight is 435 g/mol. The molecule has 0 radical (unpaired) electrons. The van der Waals surface area contributed by atoms with Crippen molar-refractivity contribution in [1.82, 2.24) is 5.32 Å². The highest BCUT2D eigenvalue weighted by atomic mass is 32.2. The summed E-state index contributed by atoms with van der Waals surface area (Å²) in [6.07, 6.45) is 1.77. The van der Waals surface area contributed by atoms with Crippen molar-refractivity contribution in [2.45, 2.75) is 32.7 Å². The zero-order chi connectivity index (χ0) is 22.1. The predicted molar refractivity (Wildman–Crippen MR) is 119 cm³/mol. The molecule has 164 valence electrons. The highest BCUT2D eigenvalue weighted by Crippen LogP contribution is 2.22. The first-order valence-corrected chi connectivity index (χ1v) is 11.6. The lowest BCUT2D eigenvalue weighted by Crippen LogP contribution is -2.37. The van der Waals surface area contributed by atoms with Crippen LogP contribution in [0.2, 0.25) is 0 Å². The minimum atomic E-state index is -3.46. The maximum atomic E-state index is 12.2. The Morgan fingerprint density at radius 3 is 2.40 bits per heavy atom. The Morgan fingerprint density at radius 2 is 1.80 bits per heavy atom. The van der Waals surface area contributed by atoms with E-state index in [9.17, 15) is 13.2 Å². The quantitative estimate of drug-likeness (QED) is 0.587. The van der Waals surface area contributed by atoms with Crippen LogP contribution in [-0.2, 0) is 14.8 Å². The highest BCUT2D eigenvalue weighted by Gasteiger charge is 2.18.